The Morgan fingerprint density at radius 1 is 1.40 bits per heavy atom. The molecule has 0 aliphatic carbocycles. The van der Waals surface area contributed by atoms with E-state index in [9.17, 15) is 23.3 Å². The fraction of sp³-hybridized carbons (Fsp3) is 0.214. The zero-order chi connectivity index (χ0) is 18.6. The van der Waals surface area contributed by atoms with Gasteiger partial charge in [-0.25, -0.2) is 0 Å². The van der Waals surface area contributed by atoms with Crippen molar-refractivity contribution in [2.75, 3.05) is 11.9 Å². The summed E-state index contributed by atoms with van der Waals surface area (Å²) in [6.07, 6.45) is -3.18. The predicted octanol–water partition coefficient (Wildman–Crippen LogP) is 4.60. The number of rotatable bonds is 5. The van der Waals surface area contributed by atoms with Gasteiger partial charge < -0.3 is 14.6 Å². The first-order valence-corrected chi connectivity index (χ1v) is 7.53. The highest BCUT2D eigenvalue weighted by molar-refractivity contribution is 7.80. The fourth-order valence-corrected chi connectivity index (χ4v) is 2.33. The van der Waals surface area contributed by atoms with Crippen molar-refractivity contribution in [1.29, 1.82) is 0 Å². The molecule has 0 aliphatic rings. The fourth-order valence-electron chi connectivity index (χ4n) is 1.92. The van der Waals surface area contributed by atoms with Gasteiger partial charge in [-0.2, -0.15) is 13.2 Å². The first-order valence-electron chi connectivity index (χ1n) is 6.75. The summed E-state index contributed by atoms with van der Waals surface area (Å²) in [4.78, 5) is 11.0. The molecule has 0 saturated carbocycles. The number of hydrogen-bond acceptors (Lipinski definition) is 4. The molecule has 0 saturated heterocycles. The zero-order valence-corrected chi connectivity index (χ0v) is 14.0. The van der Waals surface area contributed by atoms with Gasteiger partial charge in [0.1, 0.15) is 12.3 Å². The number of non-ortho nitro benzene ring substituents is 1. The maximum Gasteiger partial charge on any atom is 0.406 e. The number of furan rings is 1. The van der Waals surface area contributed by atoms with Gasteiger partial charge in [0.05, 0.1) is 28.4 Å². The van der Waals surface area contributed by atoms with Crippen molar-refractivity contribution >= 4 is 40.3 Å². The topological polar surface area (TPSA) is 71.6 Å². The molecule has 1 aromatic carbocycles. The molecule has 0 spiro atoms. The van der Waals surface area contributed by atoms with Crippen LogP contribution in [0.25, 0.3) is 0 Å². The second kappa shape index (κ2) is 7.70. The van der Waals surface area contributed by atoms with E-state index in [4.69, 9.17) is 28.2 Å². The van der Waals surface area contributed by atoms with Crippen molar-refractivity contribution in [1.82, 2.24) is 4.90 Å². The number of alkyl halides is 3. The largest absolute Gasteiger partial charge is 0.467 e. The van der Waals surface area contributed by atoms with Crippen molar-refractivity contribution in [3.63, 3.8) is 0 Å². The molecular weight excluding hydrogens is 383 g/mol. The van der Waals surface area contributed by atoms with Crippen LogP contribution in [-0.2, 0) is 6.54 Å². The van der Waals surface area contributed by atoms with Crippen LogP contribution in [-0.4, -0.2) is 27.7 Å². The third-order valence-electron chi connectivity index (χ3n) is 2.99. The van der Waals surface area contributed by atoms with Gasteiger partial charge in [0, 0.05) is 12.1 Å². The molecule has 0 bridgehead atoms. The van der Waals surface area contributed by atoms with E-state index in [1.807, 2.05) is 0 Å². The third-order valence-corrected chi connectivity index (χ3v) is 3.68. The minimum atomic E-state index is -4.51. The van der Waals surface area contributed by atoms with Gasteiger partial charge in [-0.05, 0) is 30.4 Å². The molecule has 1 heterocycles. The molecule has 1 N–H and O–H groups in total. The van der Waals surface area contributed by atoms with Crippen LogP contribution in [0.4, 0.5) is 24.5 Å². The Morgan fingerprint density at radius 2 is 2.12 bits per heavy atom. The van der Waals surface area contributed by atoms with Crippen LogP contribution in [0.1, 0.15) is 5.76 Å². The van der Waals surface area contributed by atoms with Crippen LogP contribution >= 0.6 is 23.8 Å². The van der Waals surface area contributed by atoms with Crippen molar-refractivity contribution in [3.8, 4) is 0 Å². The maximum atomic E-state index is 12.8. The second-order valence-electron chi connectivity index (χ2n) is 4.90. The molecule has 134 valence electrons. The van der Waals surface area contributed by atoms with Gasteiger partial charge in [0.2, 0.25) is 0 Å². The minimum Gasteiger partial charge on any atom is -0.467 e. The van der Waals surface area contributed by atoms with E-state index < -0.39 is 17.6 Å². The number of anilines is 1. The highest BCUT2D eigenvalue weighted by Gasteiger charge is 2.32. The number of halogens is 4. The molecule has 0 radical (unpaired) electrons. The Labute approximate surface area is 150 Å². The number of benzene rings is 1. The van der Waals surface area contributed by atoms with E-state index in [0.29, 0.717) is 0 Å². The number of nitrogens with one attached hydrogen (secondary N) is 1. The molecule has 2 rings (SSSR count). The van der Waals surface area contributed by atoms with Gasteiger partial charge in [-0.3, -0.25) is 10.1 Å². The Bertz CT molecular complexity index is 768. The zero-order valence-electron chi connectivity index (χ0n) is 12.4. The molecule has 6 nitrogen and oxygen atoms in total. The summed E-state index contributed by atoms with van der Waals surface area (Å²) in [7, 11) is 0. The van der Waals surface area contributed by atoms with E-state index in [0.717, 1.165) is 11.0 Å². The van der Waals surface area contributed by atoms with Gasteiger partial charge in [-0.1, -0.05) is 11.6 Å². The number of nitro groups is 1. The molecule has 0 amide bonds. The van der Waals surface area contributed by atoms with Crippen LogP contribution in [0, 0.1) is 10.1 Å². The van der Waals surface area contributed by atoms with E-state index in [-0.39, 0.29) is 33.8 Å². The van der Waals surface area contributed by atoms with Crippen LogP contribution in [0.2, 0.25) is 5.02 Å². The van der Waals surface area contributed by atoms with E-state index in [1.54, 1.807) is 0 Å². The lowest BCUT2D eigenvalue weighted by molar-refractivity contribution is -0.384. The predicted molar refractivity (Wildman–Crippen MR) is 89.5 cm³/mol. The van der Waals surface area contributed by atoms with Gasteiger partial charge >= 0.3 is 6.18 Å². The quantitative estimate of drug-likeness (QED) is 0.454. The molecule has 11 heteroatoms. The van der Waals surface area contributed by atoms with Crippen LogP contribution < -0.4 is 5.32 Å². The van der Waals surface area contributed by atoms with E-state index in [2.05, 4.69) is 5.32 Å². The van der Waals surface area contributed by atoms with Gasteiger partial charge in [0.25, 0.3) is 5.69 Å². The lowest BCUT2D eigenvalue weighted by Crippen LogP contribution is -2.40. The summed E-state index contributed by atoms with van der Waals surface area (Å²) in [5.41, 5.74) is -0.240. The smallest absolute Gasteiger partial charge is 0.406 e. The number of nitro benzene ring substituents is 1. The third kappa shape index (κ3) is 5.61. The molecule has 0 atom stereocenters. The molecule has 0 unspecified atom stereocenters. The number of nitrogens with zero attached hydrogens (tertiary/aromatic N) is 2. The van der Waals surface area contributed by atoms with E-state index in [1.165, 1.54) is 30.5 Å². The van der Waals surface area contributed by atoms with Crippen molar-refractivity contribution in [2.45, 2.75) is 12.7 Å². The van der Waals surface area contributed by atoms with Crippen molar-refractivity contribution < 1.29 is 22.5 Å². The lowest BCUT2D eigenvalue weighted by Gasteiger charge is -2.26. The highest BCUT2D eigenvalue weighted by Crippen LogP contribution is 2.27. The summed E-state index contributed by atoms with van der Waals surface area (Å²) in [6, 6.07) is 6.56. The normalized spacial score (nSPS) is 11.2. The summed E-state index contributed by atoms with van der Waals surface area (Å²) in [5.74, 6) is 0.276. The van der Waals surface area contributed by atoms with Gasteiger partial charge in [-0.15, -0.1) is 0 Å². The number of thiocarbonyl (C=S) groups is 1. The Kier molecular flexibility index (Phi) is 5.85. The summed E-state index contributed by atoms with van der Waals surface area (Å²) in [5, 5.41) is 13.1. The van der Waals surface area contributed by atoms with Crippen molar-refractivity contribution in [3.05, 3.63) is 57.5 Å². The van der Waals surface area contributed by atoms with Crippen LogP contribution in [0.3, 0.4) is 0 Å². The molecular formula is C14H11ClF3N3O3S. The molecule has 1 aromatic heterocycles. The SMILES string of the molecule is O=[N+]([O-])c1ccc(Cl)c(NC(=S)N(Cc2ccco2)CC(F)(F)F)c1. The molecule has 25 heavy (non-hydrogen) atoms. The maximum absolute atomic E-state index is 12.8. The van der Waals surface area contributed by atoms with Crippen molar-refractivity contribution in [2.24, 2.45) is 0 Å². The summed E-state index contributed by atoms with van der Waals surface area (Å²) < 4.78 is 43.5. The first-order chi connectivity index (χ1) is 11.7. The second-order valence-corrected chi connectivity index (χ2v) is 5.70. The van der Waals surface area contributed by atoms with Crippen LogP contribution in [0.5, 0.6) is 0 Å². The highest BCUT2D eigenvalue weighted by atomic mass is 35.5. The Morgan fingerprint density at radius 3 is 2.68 bits per heavy atom. The average molecular weight is 394 g/mol. The van der Waals surface area contributed by atoms with Gasteiger partial charge in [0.15, 0.2) is 5.11 Å². The Hall–Kier alpha value is -2.33. The summed E-state index contributed by atoms with van der Waals surface area (Å²) >= 11 is 10.9. The van der Waals surface area contributed by atoms with E-state index >= 15 is 0 Å². The first kappa shape index (κ1) is 19.0. The minimum absolute atomic E-state index is 0.0347. The number of hydrogen-bond donors (Lipinski definition) is 1. The molecule has 2 aromatic rings. The average Bonchev–Trinajstić information content (AvgIpc) is 3.00. The molecule has 0 aliphatic heterocycles. The lowest BCUT2D eigenvalue weighted by atomic mass is 10.3. The van der Waals surface area contributed by atoms with Crippen LogP contribution in [0.15, 0.2) is 41.0 Å². The molecule has 0 fully saturated rings. The monoisotopic (exact) mass is 393 g/mol. The summed E-state index contributed by atoms with van der Waals surface area (Å²) in [6.45, 7) is -1.56. The Balaban J connectivity index is 2.21. The standard InChI is InChI=1S/C14H11ClF3N3O3S/c15-11-4-3-9(21(22)23)6-12(11)19-13(25)20(8-14(16,17)18)7-10-2-1-5-24-10/h1-6H,7-8H2,(H,19,25).